The van der Waals surface area contributed by atoms with Gasteiger partial charge in [-0.15, -0.1) is 0 Å². The molecule has 1 aromatic carbocycles. The molecule has 0 aliphatic carbocycles. The van der Waals surface area contributed by atoms with Crippen molar-refractivity contribution in [1.29, 1.82) is 0 Å². The van der Waals surface area contributed by atoms with Crippen molar-refractivity contribution < 1.29 is 9.53 Å². The number of amides is 1. The summed E-state index contributed by atoms with van der Waals surface area (Å²) < 4.78 is 5.78. The Hall–Kier alpha value is -1.59. The largest absolute Gasteiger partial charge is 0.380 e. The summed E-state index contributed by atoms with van der Waals surface area (Å²) in [5.41, 5.74) is 7.78. The molecular formula is C18H27N3O2. The van der Waals surface area contributed by atoms with Crippen LogP contribution in [0.4, 0.5) is 5.69 Å². The predicted octanol–water partition coefficient (Wildman–Crippen LogP) is 2.12. The van der Waals surface area contributed by atoms with Crippen LogP contribution in [0.3, 0.4) is 0 Å². The maximum Gasteiger partial charge on any atom is 0.234 e. The molecular weight excluding hydrogens is 290 g/mol. The quantitative estimate of drug-likeness (QED) is 0.873. The number of primary amides is 1. The first-order valence-corrected chi connectivity index (χ1v) is 8.46. The molecule has 0 saturated carbocycles. The van der Waals surface area contributed by atoms with E-state index in [2.05, 4.69) is 48.3 Å². The summed E-state index contributed by atoms with van der Waals surface area (Å²) in [6, 6.07) is 8.66. The Morgan fingerprint density at radius 1 is 1.48 bits per heavy atom. The molecule has 126 valence electrons. The minimum Gasteiger partial charge on any atom is -0.380 e. The average molecular weight is 317 g/mol. The Morgan fingerprint density at radius 3 is 3.00 bits per heavy atom. The van der Waals surface area contributed by atoms with Gasteiger partial charge in [-0.05, 0) is 57.4 Å². The van der Waals surface area contributed by atoms with Crippen LogP contribution in [-0.4, -0.2) is 41.6 Å². The van der Waals surface area contributed by atoms with E-state index in [1.54, 1.807) is 0 Å². The van der Waals surface area contributed by atoms with Crippen LogP contribution >= 0.6 is 0 Å². The third kappa shape index (κ3) is 4.03. The summed E-state index contributed by atoms with van der Waals surface area (Å²) in [6.07, 6.45) is 2.93. The predicted molar refractivity (Wildman–Crippen MR) is 91.1 cm³/mol. The van der Waals surface area contributed by atoms with Crippen molar-refractivity contribution in [2.24, 2.45) is 5.73 Å². The van der Waals surface area contributed by atoms with Gasteiger partial charge in [-0.3, -0.25) is 9.69 Å². The molecule has 23 heavy (non-hydrogen) atoms. The van der Waals surface area contributed by atoms with Gasteiger partial charge in [0.15, 0.2) is 0 Å². The number of nitrogens with two attached hydrogens (primary N) is 1. The zero-order valence-electron chi connectivity index (χ0n) is 14.0. The number of carbonyl (C=O) groups is 1. The molecule has 1 amide bonds. The number of carbonyl (C=O) groups excluding carboxylic acids is 1. The molecule has 2 fully saturated rings. The van der Waals surface area contributed by atoms with Gasteiger partial charge in [0.2, 0.25) is 5.91 Å². The summed E-state index contributed by atoms with van der Waals surface area (Å²) in [5, 5.41) is 3.56. The number of rotatable bonds is 5. The molecule has 0 aromatic heterocycles. The van der Waals surface area contributed by atoms with Crippen LogP contribution in [0, 0.1) is 0 Å². The van der Waals surface area contributed by atoms with Gasteiger partial charge < -0.3 is 15.8 Å². The Bertz CT molecular complexity index is 573. The van der Waals surface area contributed by atoms with Crippen LogP contribution in [0.2, 0.25) is 0 Å². The summed E-state index contributed by atoms with van der Waals surface area (Å²) in [7, 11) is 0. The molecule has 2 heterocycles. The number of hydrogen-bond donors (Lipinski definition) is 2. The third-order valence-electron chi connectivity index (χ3n) is 4.79. The summed E-state index contributed by atoms with van der Waals surface area (Å²) >= 11 is 0. The molecule has 0 bridgehead atoms. The lowest BCUT2D eigenvalue weighted by Gasteiger charge is -2.22. The third-order valence-corrected chi connectivity index (χ3v) is 4.79. The van der Waals surface area contributed by atoms with Crippen molar-refractivity contribution in [2.45, 2.75) is 57.3 Å². The number of ether oxygens (including phenoxy) is 1. The van der Waals surface area contributed by atoms with Crippen molar-refractivity contribution in [3.8, 4) is 0 Å². The highest BCUT2D eigenvalue weighted by Crippen LogP contribution is 2.27. The number of nitrogens with zero attached hydrogens (tertiary/aromatic N) is 1. The molecule has 1 aromatic rings. The van der Waals surface area contributed by atoms with Crippen LogP contribution in [0.5, 0.6) is 0 Å². The molecule has 0 spiro atoms. The van der Waals surface area contributed by atoms with Gasteiger partial charge in [0.1, 0.15) is 0 Å². The summed E-state index contributed by atoms with van der Waals surface area (Å²) in [6.45, 7) is 6.71. The maximum atomic E-state index is 11.5. The van der Waals surface area contributed by atoms with Gasteiger partial charge in [-0.2, -0.15) is 0 Å². The Labute approximate surface area is 138 Å². The van der Waals surface area contributed by atoms with E-state index in [1.165, 1.54) is 5.56 Å². The second-order valence-corrected chi connectivity index (χ2v) is 7.35. The van der Waals surface area contributed by atoms with E-state index in [1.807, 2.05) is 0 Å². The molecule has 2 saturated heterocycles. The van der Waals surface area contributed by atoms with Crippen LogP contribution < -0.4 is 11.1 Å². The molecule has 2 unspecified atom stereocenters. The minimum atomic E-state index is -0.206. The number of likely N-dealkylation sites (tertiary alicyclic amines) is 1. The SMILES string of the molecule is CC1(C)CC(Nc2cccc(CN3CCCC3C(N)=O)c2)CO1. The van der Waals surface area contributed by atoms with Crippen LogP contribution in [0.15, 0.2) is 24.3 Å². The topological polar surface area (TPSA) is 67.6 Å². The minimum absolute atomic E-state index is 0.0421. The molecule has 5 nitrogen and oxygen atoms in total. The number of benzene rings is 1. The molecule has 3 N–H and O–H groups in total. The highest BCUT2D eigenvalue weighted by molar-refractivity contribution is 5.80. The Kier molecular flexibility index (Phi) is 4.60. The van der Waals surface area contributed by atoms with Crippen molar-refractivity contribution >= 4 is 11.6 Å². The van der Waals surface area contributed by atoms with Gasteiger partial charge in [0, 0.05) is 12.2 Å². The monoisotopic (exact) mass is 317 g/mol. The van der Waals surface area contributed by atoms with Crippen molar-refractivity contribution in [2.75, 3.05) is 18.5 Å². The van der Waals surface area contributed by atoms with Gasteiger partial charge in [0.25, 0.3) is 0 Å². The molecule has 0 radical (unpaired) electrons. The Morgan fingerprint density at radius 2 is 2.30 bits per heavy atom. The fourth-order valence-electron chi connectivity index (χ4n) is 3.70. The first-order valence-electron chi connectivity index (χ1n) is 8.46. The van der Waals surface area contributed by atoms with Crippen LogP contribution in [0.1, 0.15) is 38.7 Å². The van der Waals surface area contributed by atoms with E-state index >= 15 is 0 Å². The average Bonchev–Trinajstić information content (AvgIpc) is 3.06. The molecule has 2 aliphatic heterocycles. The second kappa shape index (κ2) is 6.49. The maximum absolute atomic E-state index is 11.5. The normalized spacial score (nSPS) is 27.2. The van der Waals surface area contributed by atoms with E-state index in [0.717, 1.165) is 44.6 Å². The van der Waals surface area contributed by atoms with E-state index in [9.17, 15) is 4.79 Å². The molecule has 5 heteroatoms. The highest BCUT2D eigenvalue weighted by atomic mass is 16.5. The smallest absolute Gasteiger partial charge is 0.234 e. The summed E-state index contributed by atoms with van der Waals surface area (Å²) in [5.74, 6) is -0.206. The van der Waals surface area contributed by atoms with Crippen LogP contribution in [-0.2, 0) is 16.1 Å². The van der Waals surface area contributed by atoms with Crippen molar-refractivity contribution in [3.05, 3.63) is 29.8 Å². The van der Waals surface area contributed by atoms with E-state index in [4.69, 9.17) is 10.5 Å². The first kappa shape index (κ1) is 16.3. The van der Waals surface area contributed by atoms with E-state index in [0.29, 0.717) is 6.04 Å². The molecule has 3 rings (SSSR count). The zero-order valence-corrected chi connectivity index (χ0v) is 14.0. The van der Waals surface area contributed by atoms with Gasteiger partial charge >= 0.3 is 0 Å². The van der Waals surface area contributed by atoms with E-state index in [-0.39, 0.29) is 17.6 Å². The van der Waals surface area contributed by atoms with Crippen LogP contribution in [0.25, 0.3) is 0 Å². The lowest BCUT2D eigenvalue weighted by Crippen LogP contribution is -2.39. The van der Waals surface area contributed by atoms with Crippen molar-refractivity contribution in [1.82, 2.24) is 4.90 Å². The van der Waals surface area contributed by atoms with Crippen molar-refractivity contribution in [3.63, 3.8) is 0 Å². The number of nitrogens with one attached hydrogen (secondary N) is 1. The lowest BCUT2D eigenvalue weighted by molar-refractivity contribution is -0.122. The van der Waals surface area contributed by atoms with Gasteiger partial charge in [-0.25, -0.2) is 0 Å². The van der Waals surface area contributed by atoms with Gasteiger partial charge in [-0.1, -0.05) is 12.1 Å². The fourth-order valence-corrected chi connectivity index (χ4v) is 3.70. The molecule has 2 aliphatic rings. The van der Waals surface area contributed by atoms with Gasteiger partial charge in [0.05, 0.1) is 24.3 Å². The zero-order chi connectivity index (χ0) is 16.4. The fraction of sp³-hybridized carbons (Fsp3) is 0.611. The standard InChI is InChI=1S/C18H27N3O2/c1-18(2)10-15(12-23-18)20-14-6-3-5-13(9-14)11-21-8-4-7-16(21)17(19)22/h3,5-6,9,15-16,20H,4,7-8,10-12H2,1-2H3,(H2,19,22). The second-order valence-electron chi connectivity index (χ2n) is 7.35. The highest BCUT2D eigenvalue weighted by Gasteiger charge is 2.32. The lowest BCUT2D eigenvalue weighted by atomic mass is 10.0. The first-order chi connectivity index (χ1) is 10.9. The summed E-state index contributed by atoms with van der Waals surface area (Å²) in [4.78, 5) is 13.7. The Balaban J connectivity index is 1.62. The van der Waals surface area contributed by atoms with E-state index < -0.39 is 0 Å². The number of hydrogen-bond acceptors (Lipinski definition) is 4. The molecule has 2 atom stereocenters. The number of anilines is 1.